The summed E-state index contributed by atoms with van der Waals surface area (Å²) in [6.45, 7) is -0.982. The quantitative estimate of drug-likeness (QED) is 0.488. The summed E-state index contributed by atoms with van der Waals surface area (Å²) >= 11 is 0. The lowest BCUT2D eigenvalue weighted by Gasteiger charge is -2.05. The Morgan fingerprint density at radius 1 is 1.71 bits per heavy atom. The highest BCUT2D eigenvalue weighted by Gasteiger charge is 1.99. The summed E-state index contributed by atoms with van der Waals surface area (Å²) in [5, 5.41) is 16.7. The van der Waals surface area contributed by atoms with E-state index in [1.54, 1.807) is 0 Å². The Hall–Kier alpha value is -0.120. The zero-order chi connectivity index (χ0) is 8.20. The van der Waals surface area contributed by atoms with Crippen molar-refractivity contribution in [3.8, 4) is 0 Å². The summed E-state index contributed by atoms with van der Waals surface area (Å²) in [6.07, 6.45) is -1.01. The zero-order valence-electron chi connectivity index (χ0n) is 6.79. The highest BCUT2D eigenvalue weighted by atomic mass is 16.5. The SMILES string of the molecule is [2H]C([2H])([2H])OC(CO)CO. The molecule has 0 spiro atoms. The van der Waals surface area contributed by atoms with E-state index in [1.807, 2.05) is 0 Å². The smallest absolute Gasteiger partial charge is 0.103 e. The molecular formula is C4H10O3. The number of aliphatic hydroxyl groups excluding tert-OH is 2. The minimum Gasteiger partial charge on any atom is -0.394 e. The number of hydrogen-bond donors (Lipinski definition) is 2. The molecule has 0 fully saturated rings. The van der Waals surface area contributed by atoms with Gasteiger partial charge in [-0.3, -0.25) is 0 Å². The maximum absolute atomic E-state index is 8.35. The lowest BCUT2D eigenvalue weighted by atomic mass is 10.4. The lowest BCUT2D eigenvalue weighted by molar-refractivity contribution is 0.00933. The van der Waals surface area contributed by atoms with Gasteiger partial charge in [0.25, 0.3) is 0 Å². The fraction of sp³-hybridized carbons (Fsp3) is 1.00. The third-order valence-electron chi connectivity index (χ3n) is 0.574. The van der Waals surface area contributed by atoms with Gasteiger partial charge in [-0.2, -0.15) is 0 Å². The molecule has 0 rings (SSSR count). The van der Waals surface area contributed by atoms with Crippen LogP contribution in [0.2, 0.25) is 0 Å². The largest absolute Gasteiger partial charge is 0.394 e. The third-order valence-corrected chi connectivity index (χ3v) is 0.574. The molecule has 3 heteroatoms. The van der Waals surface area contributed by atoms with Crippen LogP contribution in [0.5, 0.6) is 0 Å². The summed E-state index contributed by atoms with van der Waals surface area (Å²) < 4.78 is 23.9. The fourth-order valence-electron chi connectivity index (χ4n) is 0.132. The van der Waals surface area contributed by atoms with E-state index in [0.29, 0.717) is 0 Å². The van der Waals surface area contributed by atoms with Crippen LogP contribution in [0.4, 0.5) is 0 Å². The molecule has 0 bridgehead atoms. The molecule has 0 aliphatic rings. The van der Waals surface area contributed by atoms with Crippen LogP contribution in [0.25, 0.3) is 0 Å². The number of rotatable bonds is 3. The topological polar surface area (TPSA) is 49.7 Å². The summed E-state index contributed by atoms with van der Waals surface area (Å²) in [7, 11) is -2.55. The molecule has 44 valence electrons. The van der Waals surface area contributed by atoms with Crippen LogP contribution in [0.1, 0.15) is 4.11 Å². The van der Waals surface area contributed by atoms with E-state index in [9.17, 15) is 0 Å². The van der Waals surface area contributed by atoms with Crippen LogP contribution >= 0.6 is 0 Å². The van der Waals surface area contributed by atoms with Gasteiger partial charge in [0, 0.05) is 7.04 Å². The van der Waals surface area contributed by atoms with Crippen molar-refractivity contribution >= 4 is 0 Å². The third kappa shape index (κ3) is 2.56. The van der Waals surface area contributed by atoms with Crippen LogP contribution in [0, 0.1) is 0 Å². The molecule has 0 aliphatic heterocycles. The van der Waals surface area contributed by atoms with Gasteiger partial charge in [-0.05, 0) is 0 Å². The second-order valence-corrected chi connectivity index (χ2v) is 1.11. The van der Waals surface area contributed by atoms with Crippen molar-refractivity contribution in [1.82, 2.24) is 0 Å². The van der Waals surface area contributed by atoms with E-state index in [2.05, 4.69) is 4.74 Å². The molecule has 0 unspecified atom stereocenters. The molecule has 0 aromatic heterocycles. The zero-order valence-corrected chi connectivity index (χ0v) is 3.79. The molecule has 0 atom stereocenters. The van der Waals surface area contributed by atoms with Crippen LogP contribution < -0.4 is 0 Å². The molecule has 0 heterocycles. The van der Waals surface area contributed by atoms with E-state index in [0.717, 1.165) is 0 Å². The van der Waals surface area contributed by atoms with Crippen LogP contribution in [0.3, 0.4) is 0 Å². The lowest BCUT2D eigenvalue weighted by Crippen LogP contribution is -2.19. The van der Waals surface area contributed by atoms with Crippen molar-refractivity contribution in [2.45, 2.75) is 6.10 Å². The molecule has 0 aromatic rings. The number of aliphatic hydroxyl groups is 2. The second-order valence-electron chi connectivity index (χ2n) is 1.11. The molecule has 0 radical (unpaired) electrons. The van der Waals surface area contributed by atoms with Crippen molar-refractivity contribution in [2.24, 2.45) is 0 Å². The Bertz CT molecular complexity index is 88.2. The van der Waals surface area contributed by atoms with Crippen molar-refractivity contribution in [3.63, 3.8) is 0 Å². The standard InChI is InChI=1S/C4H10O3/c1-7-4(2-5)3-6/h4-6H,2-3H2,1H3/i1D3. The van der Waals surface area contributed by atoms with Gasteiger partial charge in [-0.1, -0.05) is 0 Å². The van der Waals surface area contributed by atoms with Gasteiger partial charge in [-0.25, -0.2) is 0 Å². The van der Waals surface area contributed by atoms with Crippen molar-refractivity contribution in [1.29, 1.82) is 0 Å². The average Bonchev–Trinajstić information content (AvgIpc) is 1.81. The molecule has 2 N–H and O–H groups in total. The number of methoxy groups -OCH3 is 1. The van der Waals surface area contributed by atoms with E-state index in [-0.39, 0.29) is 0 Å². The summed E-state index contributed by atoms with van der Waals surface area (Å²) in [4.78, 5) is 0. The van der Waals surface area contributed by atoms with Gasteiger partial charge in [0.1, 0.15) is 6.10 Å². The van der Waals surface area contributed by atoms with E-state index < -0.39 is 26.4 Å². The van der Waals surface area contributed by atoms with Crippen molar-refractivity contribution in [3.05, 3.63) is 0 Å². The predicted molar refractivity (Wildman–Crippen MR) is 25.0 cm³/mol. The molecule has 7 heavy (non-hydrogen) atoms. The van der Waals surface area contributed by atoms with Gasteiger partial charge >= 0.3 is 0 Å². The van der Waals surface area contributed by atoms with Crippen LogP contribution in [-0.2, 0) is 4.74 Å². The Morgan fingerprint density at radius 2 is 2.29 bits per heavy atom. The minimum absolute atomic E-state index is 0.491. The number of ether oxygens (including phenoxy) is 1. The van der Waals surface area contributed by atoms with Crippen molar-refractivity contribution in [2.75, 3.05) is 20.3 Å². The Balaban J connectivity index is 3.63. The summed E-state index contributed by atoms with van der Waals surface area (Å²) in [5.41, 5.74) is 0. The predicted octanol–water partition coefficient (Wildman–Crippen LogP) is -1.01. The Kier molecular flexibility index (Phi) is 1.75. The Labute approximate surface area is 46.8 Å². The molecule has 3 nitrogen and oxygen atoms in total. The molecular weight excluding hydrogens is 96.0 g/mol. The minimum atomic E-state index is -2.55. The molecule has 0 aromatic carbocycles. The first-order valence-electron chi connectivity index (χ1n) is 3.39. The number of hydrogen-bond acceptors (Lipinski definition) is 3. The Morgan fingerprint density at radius 3 is 2.43 bits per heavy atom. The molecule has 0 amide bonds. The first-order chi connectivity index (χ1) is 4.49. The highest BCUT2D eigenvalue weighted by molar-refractivity contribution is 4.47. The van der Waals surface area contributed by atoms with E-state index >= 15 is 0 Å². The maximum atomic E-state index is 8.35. The van der Waals surface area contributed by atoms with Gasteiger partial charge < -0.3 is 14.9 Å². The van der Waals surface area contributed by atoms with Crippen LogP contribution in [-0.4, -0.2) is 36.6 Å². The first-order valence-corrected chi connectivity index (χ1v) is 1.89. The normalized spacial score (nSPS) is 18.4. The van der Waals surface area contributed by atoms with Crippen molar-refractivity contribution < 1.29 is 19.1 Å². The molecule has 0 saturated carbocycles. The molecule has 0 saturated heterocycles. The monoisotopic (exact) mass is 109 g/mol. The first kappa shape index (κ1) is 3.02. The van der Waals surface area contributed by atoms with Crippen LogP contribution in [0.15, 0.2) is 0 Å². The maximum Gasteiger partial charge on any atom is 0.103 e. The fourth-order valence-corrected chi connectivity index (χ4v) is 0.132. The summed E-state index contributed by atoms with van der Waals surface area (Å²) in [5.74, 6) is 0. The molecule has 0 aliphatic carbocycles. The van der Waals surface area contributed by atoms with Gasteiger partial charge in [-0.15, -0.1) is 0 Å². The van der Waals surface area contributed by atoms with Gasteiger partial charge in [0.15, 0.2) is 0 Å². The van der Waals surface area contributed by atoms with E-state index in [4.69, 9.17) is 14.3 Å². The van der Waals surface area contributed by atoms with E-state index in [1.165, 1.54) is 0 Å². The summed E-state index contributed by atoms with van der Waals surface area (Å²) in [6, 6.07) is 0. The second kappa shape index (κ2) is 4.05. The average molecular weight is 109 g/mol. The van der Waals surface area contributed by atoms with Gasteiger partial charge in [0.2, 0.25) is 0 Å². The van der Waals surface area contributed by atoms with Gasteiger partial charge in [0.05, 0.1) is 17.3 Å². The highest BCUT2D eigenvalue weighted by Crippen LogP contribution is 1.82.